The molecule has 0 radical (unpaired) electrons. The maximum atomic E-state index is 15.7. The van der Waals surface area contributed by atoms with Crippen molar-refractivity contribution in [3.05, 3.63) is 153 Å². The molecule has 5 aliphatic heterocycles. The third-order valence-electron chi connectivity index (χ3n) is 17.8. The van der Waals surface area contributed by atoms with E-state index in [2.05, 4.69) is 56.2 Å². The number of piperidine rings is 1. The summed E-state index contributed by atoms with van der Waals surface area (Å²) in [6, 6.07) is 27.8. The molecule has 87 heavy (non-hydrogen) atoms. The van der Waals surface area contributed by atoms with Crippen LogP contribution in [0.15, 0.2) is 129 Å². The van der Waals surface area contributed by atoms with Crippen molar-refractivity contribution < 1.29 is 53.6 Å². The normalized spacial score (nSPS) is 21.7. The number of piperazine rings is 2. The Balaban J connectivity index is 0.738. The van der Waals surface area contributed by atoms with Crippen LogP contribution in [0.4, 0.5) is 28.9 Å². The number of alkyl halides is 3. The van der Waals surface area contributed by atoms with E-state index in [-0.39, 0.29) is 53.8 Å². The summed E-state index contributed by atoms with van der Waals surface area (Å²) in [5, 5.41) is 6.03. The Bertz CT molecular complexity index is 3710. The van der Waals surface area contributed by atoms with Gasteiger partial charge in [-0.3, -0.25) is 39.2 Å². The van der Waals surface area contributed by atoms with Gasteiger partial charge < -0.3 is 15.1 Å². The molecule has 5 aromatic carbocycles. The van der Waals surface area contributed by atoms with Crippen molar-refractivity contribution in [3.63, 3.8) is 0 Å². The van der Waals surface area contributed by atoms with Crippen LogP contribution in [0.3, 0.4) is 0 Å². The van der Waals surface area contributed by atoms with Crippen molar-refractivity contribution in [2.75, 3.05) is 68.3 Å². The van der Waals surface area contributed by atoms with E-state index in [9.17, 15) is 49.2 Å². The van der Waals surface area contributed by atoms with Crippen molar-refractivity contribution in [3.8, 4) is 0 Å². The highest BCUT2D eigenvalue weighted by Gasteiger charge is 2.49. The lowest BCUT2D eigenvalue weighted by Gasteiger charge is -2.41. The van der Waals surface area contributed by atoms with Crippen LogP contribution in [-0.2, 0) is 42.5 Å². The Morgan fingerprint density at radius 3 is 2.21 bits per heavy atom. The van der Waals surface area contributed by atoms with Gasteiger partial charge in [0.05, 0.1) is 16.1 Å². The van der Waals surface area contributed by atoms with Crippen LogP contribution < -0.4 is 20.3 Å². The average Bonchev–Trinajstić information content (AvgIpc) is 2.21. The number of imide groups is 1. The van der Waals surface area contributed by atoms with E-state index in [1.165, 1.54) is 51.6 Å². The minimum atomic E-state index is -6.17. The maximum absolute atomic E-state index is 15.7. The molecular weight excluding hydrogens is 1200 g/mol. The Labute approximate surface area is 514 Å². The second-order valence-electron chi connectivity index (χ2n) is 24.4. The zero-order chi connectivity index (χ0) is 61.6. The summed E-state index contributed by atoms with van der Waals surface area (Å²) in [6.07, 6.45) is 5.37. The first-order valence-electron chi connectivity index (χ1n) is 29.3. The number of sulfonamides is 1. The molecule has 5 aromatic rings. The molecule has 462 valence electrons. The number of thioether (sulfide) groups is 1. The van der Waals surface area contributed by atoms with E-state index < -0.39 is 82.4 Å². The molecule has 6 aliphatic rings. The summed E-state index contributed by atoms with van der Waals surface area (Å²) >= 11 is 7.63. The highest BCUT2D eigenvalue weighted by molar-refractivity contribution is 7.99. The number of halogens is 5. The predicted molar refractivity (Wildman–Crippen MR) is 326 cm³/mol. The lowest BCUT2D eigenvalue weighted by molar-refractivity contribution is -0.136. The number of amides is 4. The second kappa shape index (κ2) is 25.3. The van der Waals surface area contributed by atoms with E-state index in [1.807, 2.05) is 47.2 Å². The Morgan fingerprint density at radius 2 is 1.53 bits per heavy atom. The van der Waals surface area contributed by atoms with Gasteiger partial charge >= 0.3 is 5.51 Å². The summed E-state index contributed by atoms with van der Waals surface area (Å²) in [4.78, 5) is 60.5. The van der Waals surface area contributed by atoms with Gasteiger partial charge in [-0.1, -0.05) is 67.4 Å². The first kappa shape index (κ1) is 62.3. The quantitative estimate of drug-likeness (QED) is 0.0403. The largest absolute Gasteiger partial charge is 0.501 e. The number of carbonyl (C=O) groups excluding carboxylic acids is 4. The first-order valence-corrected chi connectivity index (χ1v) is 33.7. The van der Waals surface area contributed by atoms with Crippen LogP contribution in [0.25, 0.3) is 5.57 Å². The van der Waals surface area contributed by atoms with Crippen LogP contribution >= 0.6 is 23.4 Å². The number of fused-ring (bicyclic) bond motifs is 3. The van der Waals surface area contributed by atoms with Crippen molar-refractivity contribution in [2.24, 2.45) is 5.41 Å². The van der Waals surface area contributed by atoms with Crippen molar-refractivity contribution >= 4 is 83.8 Å². The van der Waals surface area contributed by atoms with E-state index in [0.29, 0.717) is 67.9 Å². The highest BCUT2D eigenvalue weighted by Crippen LogP contribution is 2.44. The van der Waals surface area contributed by atoms with Crippen LogP contribution in [0.2, 0.25) is 5.02 Å². The number of allylic oxidation sites excluding steroid dienone is 1. The number of sulfone groups is 1. The fraction of sp³-hybridized carbons (Fsp3) is 0.429. The molecule has 5 heterocycles. The number of anilines is 2. The maximum Gasteiger partial charge on any atom is 0.501 e. The van der Waals surface area contributed by atoms with Crippen LogP contribution in [0, 0.1) is 11.2 Å². The van der Waals surface area contributed by atoms with E-state index in [1.54, 1.807) is 18.2 Å². The number of nitrogens with one attached hydrogen (secondary N) is 3. The zero-order valence-electron chi connectivity index (χ0n) is 48.3. The molecule has 11 rings (SSSR count). The van der Waals surface area contributed by atoms with Gasteiger partial charge in [-0.05, 0) is 145 Å². The number of nitrogens with zero attached hydrogens (tertiary/aromatic N) is 5. The van der Waals surface area contributed by atoms with Crippen molar-refractivity contribution in [2.45, 2.75) is 123 Å². The molecule has 4 atom stereocenters. The Kier molecular flexibility index (Phi) is 18.1. The van der Waals surface area contributed by atoms with Crippen LogP contribution in [-0.4, -0.2) is 148 Å². The fourth-order valence-corrected chi connectivity index (χ4v) is 16.4. The molecule has 0 saturated carbocycles. The molecule has 1 aliphatic carbocycles. The average molecular weight is 1270 g/mol. The minimum absolute atomic E-state index is 0.0348. The van der Waals surface area contributed by atoms with Gasteiger partial charge in [-0.15, -0.1) is 11.8 Å². The molecule has 0 spiro atoms. The number of hydrogen-bond acceptors (Lipinski definition) is 14. The van der Waals surface area contributed by atoms with Gasteiger partial charge in [0.25, 0.3) is 31.7 Å². The number of rotatable bonds is 19. The molecule has 4 saturated heterocycles. The lowest BCUT2D eigenvalue weighted by atomic mass is 9.73. The third-order valence-corrected chi connectivity index (χ3v) is 22.0. The van der Waals surface area contributed by atoms with E-state index in [0.717, 1.165) is 74.5 Å². The molecule has 2 bridgehead atoms. The molecule has 4 fully saturated rings. The zero-order valence-corrected chi connectivity index (χ0v) is 51.5. The van der Waals surface area contributed by atoms with Crippen LogP contribution in [0.1, 0.15) is 103 Å². The highest BCUT2D eigenvalue weighted by atomic mass is 35.5. The Hall–Kier alpha value is -6.34. The monoisotopic (exact) mass is 1270 g/mol. The van der Waals surface area contributed by atoms with Gasteiger partial charge in [-0.2, -0.15) is 13.2 Å². The lowest BCUT2D eigenvalue weighted by Crippen LogP contribution is -2.54. The predicted octanol–water partition coefficient (Wildman–Crippen LogP) is 9.75. The van der Waals surface area contributed by atoms with E-state index in [4.69, 9.17) is 11.6 Å². The van der Waals surface area contributed by atoms with Gasteiger partial charge in [-0.25, -0.2) is 25.9 Å². The molecule has 16 nitrogen and oxygen atoms in total. The minimum Gasteiger partial charge on any atom is -0.380 e. The number of hydrogen-bond donors (Lipinski definition) is 3. The second-order valence-corrected chi connectivity index (χ2v) is 29.5. The van der Waals surface area contributed by atoms with E-state index >= 15 is 4.39 Å². The molecule has 0 aromatic heterocycles. The summed E-state index contributed by atoms with van der Waals surface area (Å²) in [6.45, 7) is 10.6. The smallest absolute Gasteiger partial charge is 0.380 e. The standard InChI is InChI=1S/C63H69ClF4N8O8S3/c1-62(2)24-22-52(41-8-12-45(64)13-9-41)44(33-62)35-72-26-28-74(29-27-72)47-14-10-42(11-15-47)59(78)71-87(83,84)51-18-19-54(56(32-51)86(81,82)63(66,67)68)69-46(39-85-50-6-4-3-5-7-50)23-25-75-48-16-17-49(75)38-73(37-48)34-40-30-43-36-76(61(80)58(43)53(65)31-40)55-20-21-57(77)70-60(55)79/h3-15,18-19,30-32,46,48-49,55,69H,16-17,20-29,33-39H2,1-2H3,(H,71,78)(H,70,77,79)/t46-,48?,49?,55?/m1/s1. The summed E-state index contributed by atoms with van der Waals surface area (Å²) < 4.78 is 116. The van der Waals surface area contributed by atoms with Gasteiger partial charge in [0.2, 0.25) is 11.8 Å². The SMILES string of the molecule is CC1(C)CCC(c2ccc(Cl)cc2)=C(CN2CCN(c3ccc(C(=O)NS(=O)(=O)c4ccc(N[C@H](CCN5C6CCC5CN(Cc5cc(F)c7c(c5)CN(C5CCC(=O)NC5=O)C7=O)C6)CSc5ccccc5)c(S(=O)(=O)C(F)(F)F)c4)cc3)CC2)C1. The third kappa shape index (κ3) is 13.9. The fourth-order valence-electron chi connectivity index (χ4n) is 13.3. The summed E-state index contributed by atoms with van der Waals surface area (Å²) in [5.41, 5.74) is -0.233. The molecule has 4 amide bonds. The molecule has 3 unspecified atom stereocenters. The van der Waals surface area contributed by atoms with Crippen LogP contribution in [0.5, 0.6) is 0 Å². The molecule has 24 heteroatoms. The number of benzene rings is 5. The first-order chi connectivity index (χ1) is 41.4. The van der Waals surface area contributed by atoms with Gasteiger partial charge in [0.15, 0.2) is 0 Å². The molecular formula is C63H69ClF4N8O8S3. The summed E-state index contributed by atoms with van der Waals surface area (Å²) in [5.74, 6) is -3.05. The van der Waals surface area contributed by atoms with Gasteiger partial charge in [0, 0.05) is 117 Å². The van der Waals surface area contributed by atoms with Crippen molar-refractivity contribution in [1.82, 2.24) is 29.6 Å². The van der Waals surface area contributed by atoms with Crippen molar-refractivity contribution in [1.29, 1.82) is 0 Å². The number of carbonyl (C=O) groups is 4. The molecule has 3 N–H and O–H groups in total. The Morgan fingerprint density at radius 1 is 0.828 bits per heavy atom. The number of likely N-dealkylation sites (tertiary alicyclic amines) is 1. The summed E-state index contributed by atoms with van der Waals surface area (Å²) in [7, 11) is -11.1. The topological polar surface area (TPSA) is 189 Å². The van der Waals surface area contributed by atoms with Gasteiger partial charge in [0.1, 0.15) is 16.8 Å².